The van der Waals surface area contributed by atoms with E-state index in [9.17, 15) is 0 Å². The molecule has 2 heteroatoms. The Morgan fingerprint density at radius 3 is 2.69 bits per heavy atom. The number of hydrogen-bond donors (Lipinski definition) is 1. The van der Waals surface area contributed by atoms with E-state index in [1.807, 2.05) is 19.1 Å². The Labute approximate surface area is 84.9 Å². The molecule has 0 aliphatic rings. The van der Waals surface area contributed by atoms with Crippen molar-refractivity contribution in [2.75, 3.05) is 0 Å². The van der Waals surface area contributed by atoms with Gasteiger partial charge in [0.1, 0.15) is 0 Å². The third-order valence-electron chi connectivity index (χ3n) is 2.21. The van der Waals surface area contributed by atoms with Crippen molar-refractivity contribution in [2.24, 2.45) is 5.73 Å². The fourth-order valence-corrected chi connectivity index (χ4v) is 1.49. The number of halogens is 1. The van der Waals surface area contributed by atoms with Crippen LogP contribution in [0, 0.1) is 6.92 Å². The van der Waals surface area contributed by atoms with Crippen molar-refractivity contribution in [1.29, 1.82) is 0 Å². The summed E-state index contributed by atoms with van der Waals surface area (Å²) in [5.41, 5.74) is 8.27. The Morgan fingerprint density at radius 2 is 2.15 bits per heavy atom. The summed E-state index contributed by atoms with van der Waals surface area (Å²) in [5.74, 6) is 0. The van der Waals surface area contributed by atoms with Crippen LogP contribution in [0.5, 0.6) is 0 Å². The van der Waals surface area contributed by atoms with Gasteiger partial charge >= 0.3 is 0 Å². The normalized spacial score (nSPS) is 12.9. The largest absolute Gasteiger partial charge is 0.324 e. The number of nitrogens with two attached hydrogens (primary N) is 1. The summed E-state index contributed by atoms with van der Waals surface area (Å²) in [4.78, 5) is 0. The highest BCUT2D eigenvalue weighted by Gasteiger charge is 2.05. The van der Waals surface area contributed by atoms with Crippen LogP contribution in [0.15, 0.2) is 18.2 Å². The standard InChI is InChI=1S/C11H16ClN/c1-3-4-11(13)9-5-6-10(12)8(2)7-9/h5-7,11H,3-4,13H2,1-2H3/t11-/m0/s1. The van der Waals surface area contributed by atoms with Gasteiger partial charge in [0, 0.05) is 11.1 Å². The Balaban J connectivity index is 2.84. The Bertz CT molecular complexity index is 283. The van der Waals surface area contributed by atoms with Crippen LogP contribution < -0.4 is 5.73 Å². The van der Waals surface area contributed by atoms with E-state index in [0.717, 1.165) is 23.4 Å². The first kappa shape index (κ1) is 10.6. The molecule has 1 nitrogen and oxygen atoms in total. The predicted octanol–water partition coefficient (Wildman–Crippen LogP) is 3.45. The molecule has 0 spiro atoms. The van der Waals surface area contributed by atoms with Gasteiger partial charge in [-0.25, -0.2) is 0 Å². The molecular formula is C11H16ClN. The summed E-state index contributed by atoms with van der Waals surface area (Å²) >= 11 is 5.92. The van der Waals surface area contributed by atoms with Gasteiger partial charge in [-0.05, 0) is 30.5 Å². The highest BCUT2D eigenvalue weighted by Crippen LogP contribution is 2.21. The number of hydrogen-bond acceptors (Lipinski definition) is 1. The van der Waals surface area contributed by atoms with E-state index in [1.165, 1.54) is 5.56 Å². The van der Waals surface area contributed by atoms with Gasteiger partial charge in [-0.1, -0.05) is 37.1 Å². The highest BCUT2D eigenvalue weighted by molar-refractivity contribution is 6.31. The van der Waals surface area contributed by atoms with Crippen LogP contribution in [0.25, 0.3) is 0 Å². The fraction of sp³-hybridized carbons (Fsp3) is 0.455. The maximum atomic E-state index is 5.98. The van der Waals surface area contributed by atoms with Gasteiger partial charge in [0.25, 0.3) is 0 Å². The topological polar surface area (TPSA) is 26.0 Å². The maximum Gasteiger partial charge on any atom is 0.0435 e. The van der Waals surface area contributed by atoms with Crippen molar-refractivity contribution in [2.45, 2.75) is 32.7 Å². The molecular weight excluding hydrogens is 182 g/mol. The minimum Gasteiger partial charge on any atom is -0.324 e. The zero-order valence-corrected chi connectivity index (χ0v) is 8.93. The van der Waals surface area contributed by atoms with Crippen LogP contribution in [0.4, 0.5) is 0 Å². The van der Waals surface area contributed by atoms with Gasteiger partial charge in [-0.2, -0.15) is 0 Å². The van der Waals surface area contributed by atoms with Crippen molar-refractivity contribution >= 4 is 11.6 Å². The van der Waals surface area contributed by atoms with Crippen molar-refractivity contribution in [1.82, 2.24) is 0 Å². The maximum absolute atomic E-state index is 5.98. The van der Waals surface area contributed by atoms with E-state index >= 15 is 0 Å². The van der Waals surface area contributed by atoms with Gasteiger partial charge in [0.2, 0.25) is 0 Å². The van der Waals surface area contributed by atoms with Crippen molar-refractivity contribution in [3.8, 4) is 0 Å². The smallest absolute Gasteiger partial charge is 0.0435 e. The molecule has 0 radical (unpaired) electrons. The van der Waals surface area contributed by atoms with Crippen LogP contribution in [0.1, 0.15) is 36.9 Å². The zero-order chi connectivity index (χ0) is 9.84. The van der Waals surface area contributed by atoms with E-state index in [0.29, 0.717) is 0 Å². The number of rotatable bonds is 3. The van der Waals surface area contributed by atoms with Gasteiger partial charge in [0.15, 0.2) is 0 Å². The molecule has 1 aromatic carbocycles. The van der Waals surface area contributed by atoms with E-state index in [1.54, 1.807) is 0 Å². The van der Waals surface area contributed by atoms with Crippen LogP contribution in [0.2, 0.25) is 5.02 Å². The minimum absolute atomic E-state index is 0.154. The molecule has 0 aromatic heterocycles. The number of benzene rings is 1. The fourth-order valence-electron chi connectivity index (χ4n) is 1.38. The lowest BCUT2D eigenvalue weighted by Crippen LogP contribution is -2.09. The van der Waals surface area contributed by atoms with Crippen molar-refractivity contribution in [3.05, 3.63) is 34.3 Å². The summed E-state index contributed by atoms with van der Waals surface area (Å²) in [5, 5.41) is 0.812. The quantitative estimate of drug-likeness (QED) is 0.790. The molecule has 0 heterocycles. The molecule has 0 saturated heterocycles. The van der Waals surface area contributed by atoms with Gasteiger partial charge in [-0.15, -0.1) is 0 Å². The van der Waals surface area contributed by atoms with Gasteiger partial charge in [-0.3, -0.25) is 0 Å². The third kappa shape index (κ3) is 2.71. The summed E-state index contributed by atoms with van der Waals surface area (Å²) < 4.78 is 0. The Morgan fingerprint density at radius 1 is 1.46 bits per heavy atom. The second-order valence-corrected chi connectivity index (χ2v) is 3.81. The average Bonchev–Trinajstić information content (AvgIpc) is 2.10. The average molecular weight is 198 g/mol. The second-order valence-electron chi connectivity index (χ2n) is 3.40. The van der Waals surface area contributed by atoms with Crippen LogP contribution >= 0.6 is 11.6 Å². The zero-order valence-electron chi connectivity index (χ0n) is 8.18. The Hall–Kier alpha value is -0.530. The molecule has 0 unspecified atom stereocenters. The molecule has 1 aromatic rings. The summed E-state index contributed by atoms with van der Waals surface area (Å²) in [6.45, 7) is 4.15. The molecule has 13 heavy (non-hydrogen) atoms. The lowest BCUT2D eigenvalue weighted by atomic mass is 10.0. The molecule has 0 saturated carbocycles. The molecule has 1 atom stereocenters. The summed E-state index contributed by atoms with van der Waals surface area (Å²) in [6, 6.07) is 6.15. The summed E-state index contributed by atoms with van der Waals surface area (Å²) in [6.07, 6.45) is 2.14. The van der Waals surface area contributed by atoms with Crippen LogP contribution in [-0.4, -0.2) is 0 Å². The molecule has 0 bridgehead atoms. The monoisotopic (exact) mass is 197 g/mol. The highest BCUT2D eigenvalue weighted by atomic mass is 35.5. The third-order valence-corrected chi connectivity index (χ3v) is 2.63. The van der Waals surface area contributed by atoms with Crippen LogP contribution in [-0.2, 0) is 0 Å². The first-order valence-corrected chi connectivity index (χ1v) is 5.04. The van der Waals surface area contributed by atoms with E-state index in [2.05, 4.69) is 13.0 Å². The first-order chi connectivity index (χ1) is 6.15. The lowest BCUT2D eigenvalue weighted by molar-refractivity contribution is 0.638. The molecule has 0 aliphatic heterocycles. The molecule has 0 aliphatic carbocycles. The SMILES string of the molecule is CCC[C@H](N)c1ccc(Cl)c(C)c1. The first-order valence-electron chi connectivity index (χ1n) is 4.66. The molecule has 0 amide bonds. The van der Waals surface area contributed by atoms with Crippen molar-refractivity contribution in [3.63, 3.8) is 0 Å². The molecule has 0 fully saturated rings. The molecule has 72 valence electrons. The second kappa shape index (κ2) is 4.64. The molecule has 2 N–H and O–H groups in total. The van der Waals surface area contributed by atoms with E-state index < -0.39 is 0 Å². The van der Waals surface area contributed by atoms with E-state index in [-0.39, 0.29) is 6.04 Å². The Kier molecular flexibility index (Phi) is 3.76. The molecule has 1 rings (SSSR count). The lowest BCUT2D eigenvalue weighted by Gasteiger charge is -2.11. The van der Waals surface area contributed by atoms with E-state index in [4.69, 9.17) is 17.3 Å². The van der Waals surface area contributed by atoms with Crippen molar-refractivity contribution < 1.29 is 0 Å². The minimum atomic E-state index is 0.154. The van der Waals surface area contributed by atoms with Crippen LogP contribution in [0.3, 0.4) is 0 Å². The van der Waals surface area contributed by atoms with Gasteiger partial charge in [0.05, 0.1) is 0 Å². The predicted molar refractivity (Wildman–Crippen MR) is 58.0 cm³/mol. The summed E-state index contributed by atoms with van der Waals surface area (Å²) in [7, 11) is 0. The number of aryl methyl sites for hydroxylation is 1. The van der Waals surface area contributed by atoms with Gasteiger partial charge < -0.3 is 5.73 Å².